The van der Waals surface area contributed by atoms with Gasteiger partial charge in [-0.1, -0.05) is 41.3 Å². The van der Waals surface area contributed by atoms with Gasteiger partial charge in [-0.15, -0.1) is 0 Å². The van der Waals surface area contributed by atoms with Crippen LogP contribution in [0.15, 0.2) is 47.4 Å². The minimum atomic E-state index is -3.82. The molecule has 0 aliphatic heterocycles. The van der Waals surface area contributed by atoms with Gasteiger partial charge in [-0.05, 0) is 11.5 Å². The summed E-state index contributed by atoms with van der Waals surface area (Å²) >= 11 is 0. The lowest BCUT2D eigenvalue weighted by molar-refractivity contribution is 0.243. The smallest absolute Gasteiger partial charge is 0.262 e. The van der Waals surface area contributed by atoms with E-state index >= 15 is 0 Å². The fourth-order valence-corrected chi connectivity index (χ4v) is 2.31. The fourth-order valence-electron chi connectivity index (χ4n) is 1.48. The van der Waals surface area contributed by atoms with Gasteiger partial charge < -0.3 is 5.21 Å². The Bertz CT molecular complexity index is 587. The van der Waals surface area contributed by atoms with Crippen LogP contribution < -0.4 is 4.89 Å². The molecule has 0 aliphatic carbocycles. The molecule has 2 aromatic rings. The largest absolute Gasteiger partial charge is 0.302 e. The molecule has 2 rings (SSSR count). The van der Waals surface area contributed by atoms with Crippen LogP contribution in [-0.2, 0) is 10.0 Å². The maximum atomic E-state index is 11.5. The SMILES string of the molecule is O=S(=O)(NO)c1cccc2ccccc12. The van der Waals surface area contributed by atoms with Crippen molar-refractivity contribution < 1.29 is 13.6 Å². The van der Waals surface area contributed by atoms with Crippen molar-refractivity contribution in [2.45, 2.75) is 4.90 Å². The molecule has 0 fully saturated rings. The number of fused-ring (bicyclic) bond motifs is 1. The van der Waals surface area contributed by atoms with Crippen molar-refractivity contribution in [2.24, 2.45) is 0 Å². The van der Waals surface area contributed by atoms with Gasteiger partial charge >= 0.3 is 0 Å². The molecule has 0 aromatic heterocycles. The quantitative estimate of drug-likeness (QED) is 0.758. The molecule has 4 nitrogen and oxygen atoms in total. The van der Waals surface area contributed by atoms with Crippen LogP contribution in [0, 0.1) is 0 Å². The Labute approximate surface area is 87.2 Å². The van der Waals surface area contributed by atoms with Crippen molar-refractivity contribution in [3.05, 3.63) is 42.5 Å². The first kappa shape index (κ1) is 10.1. The second-order valence-corrected chi connectivity index (χ2v) is 4.70. The zero-order valence-corrected chi connectivity index (χ0v) is 8.53. The lowest BCUT2D eigenvalue weighted by atomic mass is 10.1. The summed E-state index contributed by atoms with van der Waals surface area (Å²) in [5, 5.41) is 9.97. The first-order chi connectivity index (χ1) is 7.15. The van der Waals surface area contributed by atoms with Gasteiger partial charge in [0, 0.05) is 5.39 Å². The van der Waals surface area contributed by atoms with Gasteiger partial charge in [0.2, 0.25) is 0 Å². The Balaban J connectivity index is 2.83. The Morgan fingerprint density at radius 2 is 1.67 bits per heavy atom. The molecule has 15 heavy (non-hydrogen) atoms. The van der Waals surface area contributed by atoms with Crippen LogP contribution in [0.1, 0.15) is 0 Å². The third-order valence-corrected chi connectivity index (χ3v) is 3.33. The zero-order valence-electron chi connectivity index (χ0n) is 7.71. The summed E-state index contributed by atoms with van der Waals surface area (Å²) in [5.41, 5.74) is 0. The molecular weight excluding hydrogens is 214 g/mol. The van der Waals surface area contributed by atoms with Gasteiger partial charge in [0.15, 0.2) is 0 Å². The van der Waals surface area contributed by atoms with Crippen molar-refractivity contribution in [3.63, 3.8) is 0 Å². The van der Waals surface area contributed by atoms with E-state index in [1.54, 1.807) is 18.2 Å². The van der Waals surface area contributed by atoms with Crippen molar-refractivity contribution in [1.82, 2.24) is 4.89 Å². The maximum Gasteiger partial charge on any atom is 0.262 e. The Kier molecular flexibility index (Phi) is 2.44. The number of hydrogen-bond donors (Lipinski definition) is 2. The van der Waals surface area contributed by atoms with E-state index in [4.69, 9.17) is 5.21 Å². The highest BCUT2D eigenvalue weighted by molar-refractivity contribution is 7.89. The van der Waals surface area contributed by atoms with E-state index in [-0.39, 0.29) is 4.90 Å². The van der Waals surface area contributed by atoms with Crippen molar-refractivity contribution >= 4 is 20.8 Å². The predicted octanol–water partition coefficient (Wildman–Crippen LogP) is 1.51. The van der Waals surface area contributed by atoms with Crippen LogP contribution in [0.3, 0.4) is 0 Å². The number of benzene rings is 2. The number of rotatable bonds is 2. The molecule has 0 aliphatic rings. The molecule has 0 spiro atoms. The molecule has 0 radical (unpaired) electrons. The van der Waals surface area contributed by atoms with E-state index in [0.717, 1.165) is 5.39 Å². The molecule has 5 heteroatoms. The molecule has 2 N–H and O–H groups in total. The first-order valence-electron chi connectivity index (χ1n) is 4.29. The Morgan fingerprint density at radius 3 is 2.40 bits per heavy atom. The Morgan fingerprint density at radius 1 is 1.00 bits per heavy atom. The van der Waals surface area contributed by atoms with Crippen LogP contribution in [0.5, 0.6) is 0 Å². The van der Waals surface area contributed by atoms with Gasteiger partial charge in [-0.25, -0.2) is 8.42 Å². The summed E-state index contributed by atoms with van der Waals surface area (Å²) in [6.07, 6.45) is 0. The topological polar surface area (TPSA) is 66.4 Å². The molecular formula is C10H9NO3S. The van der Waals surface area contributed by atoms with E-state index in [1.807, 2.05) is 18.2 Å². The fraction of sp³-hybridized carbons (Fsp3) is 0. The molecule has 78 valence electrons. The van der Waals surface area contributed by atoms with Crippen LogP contribution in [0.2, 0.25) is 0 Å². The number of hydrogen-bond acceptors (Lipinski definition) is 3. The third kappa shape index (κ3) is 1.72. The molecule has 0 saturated carbocycles. The van der Waals surface area contributed by atoms with Gasteiger partial charge in [-0.3, -0.25) is 0 Å². The highest BCUT2D eigenvalue weighted by atomic mass is 32.2. The lowest BCUT2D eigenvalue weighted by Crippen LogP contribution is -2.19. The van der Waals surface area contributed by atoms with E-state index in [9.17, 15) is 8.42 Å². The van der Waals surface area contributed by atoms with Crippen molar-refractivity contribution in [3.8, 4) is 0 Å². The monoisotopic (exact) mass is 223 g/mol. The third-order valence-electron chi connectivity index (χ3n) is 2.16. The van der Waals surface area contributed by atoms with Gasteiger partial charge in [0.1, 0.15) is 0 Å². The molecule has 0 unspecified atom stereocenters. The molecule has 0 atom stereocenters. The summed E-state index contributed by atoms with van der Waals surface area (Å²) in [5.74, 6) is 0. The second-order valence-electron chi connectivity index (χ2n) is 3.07. The molecule has 0 saturated heterocycles. The second kappa shape index (κ2) is 3.62. The number of nitrogens with one attached hydrogen (secondary N) is 1. The lowest BCUT2D eigenvalue weighted by Gasteiger charge is -2.05. The van der Waals surface area contributed by atoms with E-state index in [0.29, 0.717) is 5.39 Å². The maximum absolute atomic E-state index is 11.5. The standard InChI is InChI=1S/C10H9NO3S/c12-11-15(13,14)10-7-3-5-8-4-1-2-6-9(8)10/h1-7,11-12H. The summed E-state index contributed by atoms with van der Waals surface area (Å²) in [6, 6.07) is 12.0. The average molecular weight is 223 g/mol. The first-order valence-corrected chi connectivity index (χ1v) is 5.77. The minimum Gasteiger partial charge on any atom is -0.302 e. The van der Waals surface area contributed by atoms with Crippen LogP contribution in [0.4, 0.5) is 0 Å². The molecule has 2 aromatic carbocycles. The predicted molar refractivity (Wildman–Crippen MR) is 56.1 cm³/mol. The summed E-state index contributed by atoms with van der Waals surface area (Å²) in [4.78, 5) is 1.39. The highest BCUT2D eigenvalue weighted by Crippen LogP contribution is 2.21. The van der Waals surface area contributed by atoms with Crippen LogP contribution in [0.25, 0.3) is 10.8 Å². The molecule has 0 heterocycles. The van der Waals surface area contributed by atoms with Gasteiger partial charge in [0.25, 0.3) is 10.0 Å². The van der Waals surface area contributed by atoms with Gasteiger partial charge in [0.05, 0.1) is 4.90 Å². The van der Waals surface area contributed by atoms with Crippen LogP contribution >= 0.6 is 0 Å². The summed E-state index contributed by atoms with van der Waals surface area (Å²) in [7, 11) is -3.82. The van der Waals surface area contributed by atoms with Crippen molar-refractivity contribution in [2.75, 3.05) is 0 Å². The normalized spacial score (nSPS) is 11.8. The zero-order chi connectivity index (χ0) is 10.9. The van der Waals surface area contributed by atoms with E-state index in [1.165, 1.54) is 11.0 Å². The average Bonchev–Trinajstić information content (AvgIpc) is 2.28. The minimum absolute atomic E-state index is 0.0723. The Hall–Kier alpha value is -1.43. The summed E-state index contributed by atoms with van der Waals surface area (Å²) in [6.45, 7) is 0. The highest BCUT2D eigenvalue weighted by Gasteiger charge is 2.15. The number of sulfonamides is 1. The van der Waals surface area contributed by atoms with Crippen LogP contribution in [-0.4, -0.2) is 13.6 Å². The molecule has 0 amide bonds. The van der Waals surface area contributed by atoms with Crippen molar-refractivity contribution in [1.29, 1.82) is 0 Å². The van der Waals surface area contributed by atoms with E-state index < -0.39 is 10.0 Å². The molecule has 0 bridgehead atoms. The van der Waals surface area contributed by atoms with Gasteiger partial charge in [-0.2, -0.15) is 0 Å². The summed E-state index contributed by atoms with van der Waals surface area (Å²) < 4.78 is 22.9. The van der Waals surface area contributed by atoms with E-state index in [2.05, 4.69) is 0 Å².